The molecule has 0 heterocycles. The number of aliphatic hydroxyl groups is 1. The maximum Gasteiger partial charge on any atom is 0.408 e. The zero-order chi connectivity index (χ0) is 19.7. The topological polar surface area (TPSA) is 114 Å². The summed E-state index contributed by atoms with van der Waals surface area (Å²) in [7, 11) is 0. The number of aliphatic hydroxyl groups excluding tert-OH is 1. The van der Waals surface area contributed by atoms with E-state index in [2.05, 4.69) is 10.6 Å². The highest BCUT2D eigenvalue weighted by Crippen LogP contribution is 2.08. The third kappa shape index (κ3) is 7.98. The number of rotatable bonds is 7. The first kappa shape index (κ1) is 21.4. The van der Waals surface area contributed by atoms with E-state index in [4.69, 9.17) is 9.47 Å². The van der Waals surface area contributed by atoms with E-state index in [0.29, 0.717) is 0 Å². The number of nitrogens with one attached hydrogen (secondary N) is 2. The van der Waals surface area contributed by atoms with Gasteiger partial charge in [0.15, 0.2) is 0 Å². The summed E-state index contributed by atoms with van der Waals surface area (Å²) in [4.78, 5) is 35.8. The number of ether oxygens (including phenoxy) is 2. The molecule has 8 heteroatoms. The monoisotopic (exact) mass is 366 g/mol. The third-order valence-electron chi connectivity index (χ3n) is 3.12. The Bertz CT molecular complexity index is 612. The lowest BCUT2D eigenvalue weighted by Gasteiger charge is -2.24. The highest BCUT2D eigenvalue weighted by molar-refractivity contribution is 5.89. The van der Waals surface area contributed by atoms with Crippen molar-refractivity contribution >= 4 is 18.0 Å². The lowest BCUT2D eigenvalue weighted by Crippen LogP contribution is -2.53. The minimum Gasteiger partial charge on any atom is -0.458 e. The van der Waals surface area contributed by atoms with E-state index in [0.717, 1.165) is 5.56 Å². The zero-order valence-corrected chi connectivity index (χ0v) is 15.4. The van der Waals surface area contributed by atoms with E-state index in [-0.39, 0.29) is 6.61 Å². The maximum absolute atomic E-state index is 12.1. The molecule has 0 aliphatic carbocycles. The normalized spacial score (nSPS) is 13.3. The summed E-state index contributed by atoms with van der Waals surface area (Å²) in [5.74, 6) is -1.34. The van der Waals surface area contributed by atoms with Gasteiger partial charge in [0, 0.05) is 0 Å². The summed E-state index contributed by atoms with van der Waals surface area (Å²) in [6.07, 6.45) is -0.854. The standard InChI is InChI=1S/C18H26N2O6/c1-12(16(23)26-18(2,3)4)19-15(22)14(10-21)20-17(24)25-11-13-8-6-5-7-9-13/h5-9,12,14,21H,10-11H2,1-4H3,(H,19,22)(H,20,24)/t12-,14-/m0/s1. The Balaban J connectivity index is 2.49. The number of hydrogen-bond donors (Lipinski definition) is 3. The minimum atomic E-state index is -1.25. The molecule has 1 rings (SSSR count). The van der Waals surface area contributed by atoms with Crippen molar-refractivity contribution in [3.05, 3.63) is 35.9 Å². The molecule has 2 atom stereocenters. The smallest absolute Gasteiger partial charge is 0.408 e. The Morgan fingerprint density at radius 3 is 2.27 bits per heavy atom. The van der Waals surface area contributed by atoms with Gasteiger partial charge in [0.1, 0.15) is 24.3 Å². The van der Waals surface area contributed by atoms with E-state index in [1.807, 2.05) is 6.07 Å². The second-order valence-electron chi connectivity index (χ2n) is 6.70. The van der Waals surface area contributed by atoms with Gasteiger partial charge < -0.3 is 25.2 Å². The SMILES string of the molecule is C[C@H](NC(=O)[C@H](CO)NC(=O)OCc1ccccc1)C(=O)OC(C)(C)C. The van der Waals surface area contributed by atoms with Gasteiger partial charge in [-0.3, -0.25) is 4.79 Å². The summed E-state index contributed by atoms with van der Waals surface area (Å²) in [5.41, 5.74) is 0.0950. The Kier molecular flexibility index (Phi) is 8.05. The average Bonchev–Trinajstić information content (AvgIpc) is 2.57. The van der Waals surface area contributed by atoms with Crippen LogP contribution in [-0.4, -0.2) is 47.4 Å². The van der Waals surface area contributed by atoms with Crippen LogP contribution < -0.4 is 10.6 Å². The number of alkyl carbamates (subject to hydrolysis) is 1. The van der Waals surface area contributed by atoms with E-state index in [1.165, 1.54) is 6.92 Å². The molecule has 0 aliphatic rings. The first-order chi connectivity index (χ1) is 12.1. The molecule has 0 aliphatic heterocycles. The fourth-order valence-corrected chi connectivity index (χ4v) is 1.86. The highest BCUT2D eigenvalue weighted by Gasteiger charge is 2.27. The van der Waals surface area contributed by atoms with Crippen molar-refractivity contribution in [1.29, 1.82) is 0 Å². The van der Waals surface area contributed by atoms with Crippen LogP contribution in [0, 0.1) is 0 Å². The van der Waals surface area contributed by atoms with Gasteiger partial charge in [0.05, 0.1) is 6.61 Å². The number of hydrogen-bond acceptors (Lipinski definition) is 6. The molecular formula is C18H26N2O6. The van der Waals surface area contributed by atoms with Gasteiger partial charge in [0.2, 0.25) is 5.91 Å². The molecule has 0 fully saturated rings. The van der Waals surface area contributed by atoms with E-state index in [9.17, 15) is 19.5 Å². The van der Waals surface area contributed by atoms with Crippen LogP contribution >= 0.6 is 0 Å². The summed E-state index contributed by atoms with van der Waals surface area (Å²) < 4.78 is 10.2. The van der Waals surface area contributed by atoms with Crippen molar-refractivity contribution < 1.29 is 29.0 Å². The second kappa shape index (κ2) is 9.76. The van der Waals surface area contributed by atoms with Crippen LogP contribution in [0.5, 0.6) is 0 Å². The van der Waals surface area contributed by atoms with Gasteiger partial charge in [-0.15, -0.1) is 0 Å². The van der Waals surface area contributed by atoms with Crippen molar-refractivity contribution in [3.8, 4) is 0 Å². The van der Waals surface area contributed by atoms with Crippen LogP contribution in [0.2, 0.25) is 0 Å². The summed E-state index contributed by atoms with van der Waals surface area (Å²) in [6, 6.07) is 6.83. The van der Waals surface area contributed by atoms with E-state index >= 15 is 0 Å². The van der Waals surface area contributed by atoms with Crippen LogP contribution in [0.4, 0.5) is 4.79 Å². The molecule has 0 bridgehead atoms. The summed E-state index contributed by atoms with van der Waals surface area (Å²) in [5, 5.41) is 14.0. The maximum atomic E-state index is 12.1. The molecule has 2 amide bonds. The first-order valence-corrected chi connectivity index (χ1v) is 8.23. The van der Waals surface area contributed by atoms with Crippen molar-refractivity contribution in [2.75, 3.05) is 6.61 Å². The Morgan fingerprint density at radius 1 is 1.12 bits per heavy atom. The number of esters is 1. The van der Waals surface area contributed by atoms with Gasteiger partial charge in [-0.2, -0.15) is 0 Å². The van der Waals surface area contributed by atoms with Crippen LogP contribution in [0.3, 0.4) is 0 Å². The number of benzene rings is 1. The number of amides is 2. The first-order valence-electron chi connectivity index (χ1n) is 8.23. The van der Waals surface area contributed by atoms with Gasteiger partial charge in [-0.25, -0.2) is 9.59 Å². The fraction of sp³-hybridized carbons (Fsp3) is 0.500. The summed E-state index contributed by atoms with van der Waals surface area (Å²) in [6.45, 7) is 5.96. The molecule has 1 aromatic carbocycles. The van der Waals surface area contributed by atoms with Crippen molar-refractivity contribution in [3.63, 3.8) is 0 Å². The van der Waals surface area contributed by atoms with Gasteiger partial charge in [-0.1, -0.05) is 30.3 Å². The number of carbonyl (C=O) groups excluding carboxylic acids is 3. The number of carbonyl (C=O) groups is 3. The molecule has 26 heavy (non-hydrogen) atoms. The lowest BCUT2D eigenvalue weighted by molar-refractivity contribution is -0.158. The van der Waals surface area contributed by atoms with E-state index in [1.54, 1.807) is 45.0 Å². The molecule has 0 saturated heterocycles. The quantitative estimate of drug-likeness (QED) is 0.623. The van der Waals surface area contributed by atoms with Crippen LogP contribution in [-0.2, 0) is 25.7 Å². The fourth-order valence-electron chi connectivity index (χ4n) is 1.86. The van der Waals surface area contributed by atoms with Gasteiger partial charge in [0.25, 0.3) is 0 Å². The molecule has 0 aromatic heterocycles. The lowest BCUT2D eigenvalue weighted by atomic mass is 10.2. The zero-order valence-electron chi connectivity index (χ0n) is 15.4. The van der Waals surface area contributed by atoms with Gasteiger partial charge >= 0.3 is 12.1 Å². The molecule has 144 valence electrons. The third-order valence-corrected chi connectivity index (χ3v) is 3.12. The molecule has 0 unspecified atom stereocenters. The molecular weight excluding hydrogens is 340 g/mol. The Labute approximate surface area is 152 Å². The molecule has 0 saturated carbocycles. The van der Waals surface area contributed by atoms with Crippen LogP contribution in [0.1, 0.15) is 33.3 Å². The molecule has 1 aromatic rings. The van der Waals surface area contributed by atoms with Crippen LogP contribution in [0.25, 0.3) is 0 Å². The average molecular weight is 366 g/mol. The minimum absolute atomic E-state index is 0.0285. The highest BCUT2D eigenvalue weighted by atomic mass is 16.6. The predicted molar refractivity (Wildman–Crippen MR) is 94.1 cm³/mol. The van der Waals surface area contributed by atoms with Crippen molar-refractivity contribution in [2.45, 2.75) is 52.0 Å². The van der Waals surface area contributed by atoms with Crippen molar-refractivity contribution in [1.82, 2.24) is 10.6 Å². The largest absolute Gasteiger partial charge is 0.458 e. The molecule has 0 radical (unpaired) electrons. The van der Waals surface area contributed by atoms with Crippen LogP contribution in [0.15, 0.2) is 30.3 Å². The van der Waals surface area contributed by atoms with E-state index < -0.39 is 42.3 Å². The Hall–Kier alpha value is -2.61. The predicted octanol–water partition coefficient (Wildman–Crippen LogP) is 1.12. The van der Waals surface area contributed by atoms with Crippen molar-refractivity contribution in [2.24, 2.45) is 0 Å². The molecule has 8 nitrogen and oxygen atoms in total. The second-order valence-corrected chi connectivity index (χ2v) is 6.70. The van der Waals surface area contributed by atoms with Gasteiger partial charge in [-0.05, 0) is 33.3 Å². The molecule has 3 N–H and O–H groups in total. The Morgan fingerprint density at radius 2 is 1.73 bits per heavy atom. The molecule has 0 spiro atoms. The summed E-state index contributed by atoms with van der Waals surface area (Å²) >= 11 is 0.